The first-order chi connectivity index (χ1) is 57.6. The minimum Gasteiger partial charge on any atom is -0.463 e. The second kappa shape index (κ2) is 71.5. The number of carbonyl (C=O) groups excluding carboxylic acids is 4. The number of hydrogen-bond acceptors (Lipinski definition) is 24. The number of aliphatic hydroxyl groups is 9. The van der Waals surface area contributed by atoms with Crippen molar-refractivity contribution in [2.24, 2.45) is 5.92 Å². The fourth-order valence-corrected chi connectivity index (χ4v) is 17.4. The molecule has 0 aromatic carbocycles. The molecule has 3 rings (SSSR count). The summed E-state index contributed by atoms with van der Waals surface area (Å²) in [5, 5.41) is 102. The number of aliphatic hydroxyl groups excluding tert-OH is 9. The fourth-order valence-electron chi connectivity index (χ4n) is 16.4. The van der Waals surface area contributed by atoms with Gasteiger partial charge < -0.3 is 88.7 Å². The highest BCUT2D eigenvalue weighted by molar-refractivity contribution is 7.47. The van der Waals surface area contributed by atoms with Crippen LogP contribution in [0.2, 0.25) is 0 Å². The van der Waals surface area contributed by atoms with Gasteiger partial charge in [0.2, 0.25) is 0 Å². The highest BCUT2D eigenvalue weighted by Crippen LogP contribution is 2.49. The van der Waals surface area contributed by atoms with Gasteiger partial charge in [0, 0.05) is 25.7 Å². The maximum atomic E-state index is 14.9. The summed E-state index contributed by atoms with van der Waals surface area (Å²) in [6.07, 6.45) is 27.9. The summed E-state index contributed by atoms with van der Waals surface area (Å²) in [6.45, 7) is 7.98. The van der Waals surface area contributed by atoms with Gasteiger partial charge in [-0.25, -0.2) is 4.57 Å². The van der Waals surface area contributed by atoms with Crippen LogP contribution in [0.25, 0.3) is 0 Å². The minimum atomic E-state index is -5.80. The Morgan fingerprint density at radius 1 is 0.328 bits per heavy atom. The zero-order valence-electron chi connectivity index (χ0n) is 75.1. The van der Waals surface area contributed by atoms with E-state index >= 15 is 0 Å². The van der Waals surface area contributed by atoms with Crippen LogP contribution in [0.1, 0.15) is 433 Å². The van der Waals surface area contributed by atoms with Gasteiger partial charge in [0.05, 0.1) is 13.2 Å². The Morgan fingerprint density at radius 3 is 1.00 bits per heavy atom. The summed E-state index contributed by atoms with van der Waals surface area (Å²) < 4.78 is 73.6. The van der Waals surface area contributed by atoms with E-state index in [1.807, 2.05) is 0 Å². The van der Waals surface area contributed by atoms with Crippen molar-refractivity contribution in [2.75, 3.05) is 26.4 Å². The van der Waals surface area contributed by atoms with E-state index in [2.05, 4.69) is 34.6 Å². The first-order valence-corrected chi connectivity index (χ1v) is 50.2. The zero-order valence-corrected chi connectivity index (χ0v) is 76.0. The molecule has 2 heterocycles. The van der Waals surface area contributed by atoms with Gasteiger partial charge in [-0.1, -0.05) is 381 Å². The Labute approximate surface area is 719 Å². The quantitative estimate of drug-likeness (QED) is 0.0117. The highest BCUT2D eigenvalue weighted by Gasteiger charge is 2.60. The second-order valence-corrected chi connectivity index (χ2v) is 36.6. The molecule has 3 aliphatic rings. The molecule has 0 amide bonds. The van der Waals surface area contributed by atoms with Gasteiger partial charge >= 0.3 is 31.7 Å². The van der Waals surface area contributed by atoms with E-state index in [1.54, 1.807) is 0 Å². The van der Waals surface area contributed by atoms with Crippen molar-refractivity contribution >= 4 is 31.7 Å². The molecule has 1 aliphatic carbocycles. The van der Waals surface area contributed by atoms with E-state index in [0.29, 0.717) is 38.0 Å². The molecule has 1 saturated carbocycles. The molecule has 119 heavy (non-hydrogen) atoms. The van der Waals surface area contributed by atoms with Crippen molar-refractivity contribution in [1.29, 1.82) is 0 Å². The first kappa shape index (κ1) is 111. The van der Waals surface area contributed by atoms with Crippen LogP contribution in [0.4, 0.5) is 0 Å². The zero-order chi connectivity index (χ0) is 86.9. The number of ether oxygens (including phenoxy) is 8. The summed E-state index contributed by atoms with van der Waals surface area (Å²) in [6, 6.07) is 0. The molecule has 0 bridgehead atoms. The second-order valence-electron chi connectivity index (χ2n) is 35.2. The van der Waals surface area contributed by atoms with E-state index in [9.17, 15) is 74.6 Å². The van der Waals surface area contributed by atoms with Crippen molar-refractivity contribution in [3.63, 3.8) is 0 Å². The lowest BCUT2D eigenvalue weighted by Crippen LogP contribution is -2.70. The predicted octanol–water partition coefficient (Wildman–Crippen LogP) is 18.4. The van der Waals surface area contributed by atoms with Crippen LogP contribution in [-0.4, -0.2) is 205 Å². The largest absolute Gasteiger partial charge is 0.472 e. The van der Waals surface area contributed by atoms with E-state index in [1.165, 1.54) is 212 Å². The number of esters is 4. The number of unbranched alkanes of at least 4 members (excludes halogenated alkanes) is 51. The van der Waals surface area contributed by atoms with E-state index in [0.717, 1.165) is 128 Å². The smallest absolute Gasteiger partial charge is 0.463 e. The SMILES string of the molecule is CCCCCCCCCCCCCCCCCCC(=O)OCC1OC(OC2C(OC(=O)CCCCCCCCCCCCCCCCC)C(O)C(O)C(OC3OC(CO)C(O)C(O)C3O)C2OP(=O)(O)OCC(COC(=O)CCCCCCCCC(C)CCCCCCCC)OC(=O)CCCCCCCCCCCCCCC)C(O)C(O)C1O. The highest BCUT2D eigenvalue weighted by atomic mass is 31.2. The molecular weight excluding hydrogens is 1550 g/mol. The van der Waals surface area contributed by atoms with Crippen molar-refractivity contribution in [3.05, 3.63) is 0 Å². The van der Waals surface area contributed by atoms with Gasteiger partial charge in [0.25, 0.3) is 0 Å². The van der Waals surface area contributed by atoms with Gasteiger partial charge in [0.15, 0.2) is 24.8 Å². The lowest BCUT2D eigenvalue weighted by Gasteiger charge is -2.50. The van der Waals surface area contributed by atoms with Crippen LogP contribution in [0.3, 0.4) is 0 Å². The Balaban J connectivity index is 1.90. The predicted molar refractivity (Wildman–Crippen MR) is 463 cm³/mol. The molecule has 10 N–H and O–H groups in total. The molecule has 2 saturated heterocycles. The van der Waals surface area contributed by atoms with Gasteiger partial charge in [-0.2, -0.15) is 0 Å². The van der Waals surface area contributed by atoms with Crippen LogP contribution < -0.4 is 0 Å². The summed E-state index contributed by atoms with van der Waals surface area (Å²) in [5.41, 5.74) is 0. The maximum Gasteiger partial charge on any atom is 0.472 e. The van der Waals surface area contributed by atoms with Crippen LogP contribution in [-0.2, 0) is 70.7 Å². The normalized spacial score (nSPS) is 25.0. The number of hydrogen-bond donors (Lipinski definition) is 10. The molecule has 0 aromatic heterocycles. The molecule has 702 valence electrons. The number of phosphoric acid groups is 1. The van der Waals surface area contributed by atoms with E-state index < -0.39 is 162 Å². The molecule has 3 fully saturated rings. The van der Waals surface area contributed by atoms with Crippen LogP contribution in [0.5, 0.6) is 0 Å². The Kier molecular flexibility index (Phi) is 66.5. The molecule has 0 spiro atoms. The van der Waals surface area contributed by atoms with Crippen LogP contribution >= 0.6 is 7.82 Å². The van der Waals surface area contributed by atoms with Gasteiger partial charge in [-0.3, -0.25) is 28.2 Å². The number of carbonyl (C=O) groups is 4. The third kappa shape index (κ3) is 51.8. The van der Waals surface area contributed by atoms with Gasteiger partial charge in [-0.05, 0) is 31.6 Å². The molecule has 0 radical (unpaired) electrons. The van der Waals surface area contributed by atoms with Crippen molar-refractivity contribution in [3.8, 4) is 0 Å². The summed E-state index contributed by atoms with van der Waals surface area (Å²) >= 11 is 0. The van der Waals surface area contributed by atoms with Crippen molar-refractivity contribution in [1.82, 2.24) is 0 Å². The third-order valence-corrected chi connectivity index (χ3v) is 25.2. The Bertz CT molecular complexity index is 2490. The molecule has 2 aliphatic heterocycles. The molecule has 25 nitrogen and oxygen atoms in total. The average molecular weight is 1720 g/mol. The molecule has 0 aromatic rings. The van der Waals surface area contributed by atoms with Crippen LogP contribution in [0.15, 0.2) is 0 Å². The fraction of sp³-hybridized carbons (Fsp3) is 0.957. The van der Waals surface area contributed by atoms with Gasteiger partial charge in [0.1, 0.15) is 92.6 Å². The topological polar surface area (TPSA) is 380 Å². The van der Waals surface area contributed by atoms with Gasteiger partial charge in [-0.15, -0.1) is 0 Å². The Morgan fingerprint density at radius 2 is 0.630 bits per heavy atom. The van der Waals surface area contributed by atoms with Crippen molar-refractivity contribution < 1.29 is 122 Å². The lowest BCUT2D eigenvalue weighted by molar-refractivity contribution is -0.360. The number of rotatable bonds is 79. The Hall–Kier alpha value is -2.53. The average Bonchev–Trinajstić information content (AvgIpc) is 0.754. The van der Waals surface area contributed by atoms with Crippen molar-refractivity contribution in [2.45, 2.75) is 537 Å². The standard InChI is InChI=1S/C93H175O25P/c1-6-10-14-18-22-25-28-31-33-35-37-39-42-45-52-59-65-77(96)110-71-75-81(100)83(102)87(106)93(114-75)117-90-88(115-79(98)67-61-55-47-44-41-38-34-32-29-26-23-19-15-11-7-2)84(103)85(104)89(116-92-86(105)82(101)80(99)74(68-94)113-92)91(90)118-119(107,108)111-70-73(112-78(97)66-60-54-46-43-40-36-30-27-24-20-16-12-8-3)69-109-76(95)64-58-53-49-48-51-57-63-72(5)62-56-50-21-17-13-9-4/h72-75,80-94,99-106H,6-71H2,1-5H3,(H,107,108). The minimum absolute atomic E-state index is 0.0201. The summed E-state index contributed by atoms with van der Waals surface area (Å²) in [7, 11) is -5.80. The van der Waals surface area contributed by atoms with E-state index in [-0.39, 0.29) is 25.7 Å². The number of phosphoric ester groups is 1. The molecular formula is C93H175O25P. The monoisotopic (exact) mass is 1720 g/mol. The molecule has 26 heteroatoms. The molecule has 19 unspecified atom stereocenters. The maximum absolute atomic E-state index is 14.9. The summed E-state index contributed by atoms with van der Waals surface area (Å²) in [4.78, 5) is 66.6. The van der Waals surface area contributed by atoms with E-state index in [4.69, 9.17) is 46.9 Å². The first-order valence-electron chi connectivity index (χ1n) is 48.7. The third-order valence-electron chi connectivity index (χ3n) is 24.3. The lowest BCUT2D eigenvalue weighted by atomic mass is 9.84. The molecule has 19 atom stereocenters. The summed E-state index contributed by atoms with van der Waals surface area (Å²) in [5.74, 6) is -2.25. The van der Waals surface area contributed by atoms with Crippen LogP contribution in [0, 0.1) is 5.92 Å².